The van der Waals surface area contributed by atoms with E-state index in [-0.39, 0.29) is 6.04 Å². The molecule has 0 aliphatic heterocycles. The van der Waals surface area contributed by atoms with Crippen LogP contribution in [0.1, 0.15) is 13.8 Å². The van der Waals surface area contributed by atoms with E-state index in [9.17, 15) is 0 Å². The Hall–Kier alpha value is 1.49. The van der Waals surface area contributed by atoms with Crippen molar-refractivity contribution in [2.75, 3.05) is 20.8 Å². The molecule has 3 nitrogen and oxygen atoms in total. The van der Waals surface area contributed by atoms with Crippen molar-refractivity contribution in [1.82, 2.24) is 3.72 Å². The average molecular weight is 435 g/mol. The first-order valence-electron chi connectivity index (χ1n) is 4.18. The molecule has 1 unspecified atom stereocenters. The summed E-state index contributed by atoms with van der Waals surface area (Å²) in [5.74, 6) is 0. The molecular weight excluding hydrogens is 417 g/mol. The number of methoxy groups -OCH3 is 2. The second kappa shape index (κ2) is 5.71. The first kappa shape index (κ1) is 15.5. The zero-order valence-electron chi connectivity index (χ0n) is 8.76. The molecule has 0 aromatic heterocycles. The summed E-state index contributed by atoms with van der Waals surface area (Å²) >= 11 is -4.53. The first-order valence-corrected chi connectivity index (χ1v) is 19.6. The second-order valence-electron chi connectivity index (χ2n) is 3.30. The molecule has 0 amide bonds. The van der Waals surface area contributed by atoms with Gasteiger partial charge >= 0.3 is 98.6 Å². The summed E-state index contributed by atoms with van der Waals surface area (Å²) in [6, 6.07) is 0.115. The first-order chi connectivity index (χ1) is 6.21. The minimum absolute atomic E-state index is 0.115. The molecule has 0 heterocycles. The number of ether oxygens (including phenoxy) is 2. The van der Waals surface area contributed by atoms with Gasteiger partial charge in [0, 0.05) is 0 Å². The van der Waals surface area contributed by atoms with Crippen molar-refractivity contribution in [2.45, 2.75) is 24.2 Å². The van der Waals surface area contributed by atoms with E-state index in [0.29, 0.717) is 6.61 Å². The monoisotopic (exact) mass is 433 g/mol. The summed E-state index contributed by atoms with van der Waals surface area (Å²) in [6.07, 6.45) is 0. The van der Waals surface area contributed by atoms with Gasteiger partial charge in [0.1, 0.15) is 0 Å². The molecule has 1 atom stereocenters. The SMILES string of the molecule is COC[CH](OC)[Ta]([Cl])([Cl])([Cl])[NH]C(C)C. The molecule has 0 bridgehead atoms. The van der Waals surface area contributed by atoms with Crippen LogP contribution in [0, 0.1) is 0 Å². The van der Waals surface area contributed by atoms with Crippen LogP contribution in [0.5, 0.6) is 0 Å². The van der Waals surface area contributed by atoms with E-state index in [4.69, 9.17) is 37.0 Å². The summed E-state index contributed by atoms with van der Waals surface area (Å²) < 4.78 is 12.7. The van der Waals surface area contributed by atoms with E-state index in [2.05, 4.69) is 3.72 Å². The standard InChI is InChI=1S/C4H9O2.C3H8N.3ClH.Ta/c1-5-3-4-6-2;1-3(2)4;;;;/h3H,4H2,1-2H3;3-4H,1-2H3;3*1H;/q;-1;;;;+4/p-3. The third-order valence-corrected chi connectivity index (χ3v) is 17.4. The number of hydrogen-bond acceptors (Lipinski definition) is 3. The van der Waals surface area contributed by atoms with Crippen LogP contribution in [0.3, 0.4) is 0 Å². The van der Waals surface area contributed by atoms with Crippen molar-refractivity contribution < 1.29 is 22.3 Å². The number of hydrogen-bond donors (Lipinski definition) is 1. The maximum atomic E-state index is 6.26. The summed E-state index contributed by atoms with van der Waals surface area (Å²) in [7, 11) is 21.9. The molecule has 1 N–H and O–H groups in total. The normalized spacial score (nSPS) is 17.9. The summed E-state index contributed by atoms with van der Waals surface area (Å²) in [4.78, 5) is 0. The molecule has 0 aliphatic rings. The van der Waals surface area contributed by atoms with E-state index in [1.54, 1.807) is 7.11 Å². The van der Waals surface area contributed by atoms with Gasteiger partial charge in [-0.25, -0.2) is 0 Å². The van der Waals surface area contributed by atoms with Gasteiger partial charge in [-0.3, -0.25) is 0 Å². The molecule has 0 aromatic carbocycles. The molecule has 0 spiro atoms. The van der Waals surface area contributed by atoms with Crippen molar-refractivity contribution in [3.05, 3.63) is 0 Å². The summed E-state index contributed by atoms with van der Waals surface area (Å²) in [5, 5.41) is 0. The zero-order chi connectivity index (χ0) is 11.4. The van der Waals surface area contributed by atoms with E-state index < -0.39 is 17.2 Å². The predicted molar refractivity (Wildman–Crippen MR) is 58.5 cm³/mol. The van der Waals surface area contributed by atoms with Crippen molar-refractivity contribution in [2.24, 2.45) is 0 Å². The van der Waals surface area contributed by atoms with E-state index in [0.717, 1.165) is 0 Å². The molecule has 7 heteroatoms. The average Bonchev–Trinajstić information content (AvgIpc) is 1.95. The fourth-order valence-corrected chi connectivity index (χ4v) is 15.6. The van der Waals surface area contributed by atoms with Crippen molar-refractivity contribution in [1.29, 1.82) is 0 Å². The van der Waals surface area contributed by atoms with Gasteiger partial charge in [-0.1, -0.05) is 0 Å². The molecule has 0 fully saturated rings. The van der Waals surface area contributed by atoms with Gasteiger partial charge in [0.05, 0.1) is 0 Å². The number of halogens is 3. The molecule has 0 aromatic rings. The van der Waals surface area contributed by atoms with Crippen molar-refractivity contribution in [3.63, 3.8) is 0 Å². The predicted octanol–water partition coefficient (Wildman–Crippen LogP) is 2.67. The third-order valence-electron chi connectivity index (χ3n) is 1.53. The number of rotatable bonds is 6. The fourth-order valence-electron chi connectivity index (χ4n) is 1.03. The van der Waals surface area contributed by atoms with Crippen LogP contribution in [-0.4, -0.2) is 31.2 Å². The Bertz CT molecular complexity index is 184. The topological polar surface area (TPSA) is 30.5 Å². The van der Waals surface area contributed by atoms with Crippen molar-refractivity contribution >= 4 is 27.6 Å². The molecule has 0 aliphatic carbocycles. The van der Waals surface area contributed by atoms with Gasteiger partial charge in [0.15, 0.2) is 0 Å². The van der Waals surface area contributed by atoms with E-state index in [1.165, 1.54) is 7.11 Å². The van der Waals surface area contributed by atoms with Crippen molar-refractivity contribution in [3.8, 4) is 0 Å². The Balaban J connectivity index is 4.65. The molecular formula is C7H17Cl3NO2Ta. The van der Waals surface area contributed by atoms with E-state index >= 15 is 0 Å². The van der Waals surface area contributed by atoms with Gasteiger partial charge in [-0.05, 0) is 0 Å². The number of nitrogens with one attached hydrogen (secondary N) is 1. The Kier molecular flexibility index (Phi) is 6.32. The molecule has 14 heavy (non-hydrogen) atoms. The second-order valence-corrected chi connectivity index (χ2v) is 34.0. The summed E-state index contributed by atoms with van der Waals surface area (Å²) in [6.45, 7) is 4.15. The van der Waals surface area contributed by atoms with Crippen LogP contribution >= 0.6 is 27.6 Å². The van der Waals surface area contributed by atoms with Gasteiger partial charge in [0.2, 0.25) is 0 Å². The van der Waals surface area contributed by atoms with Crippen LogP contribution in [0.15, 0.2) is 0 Å². The maximum absolute atomic E-state index is 6.26. The Labute approximate surface area is 98.1 Å². The molecule has 0 saturated heterocycles. The van der Waals surface area contributed by atoms with E-state index in [1.807, 2.05) is 13.8 Å². The van der Waals surface area contributed by atoms with Crippen LogP contribution in [0.25, 0.3) is 0 Å². The Morgan fingerprint density at radius 1 is 1.21 bits per heavy atom. The Morgan fingerprint density at radius 3 is 2.00 bits per heavy atom. The van der Waals surface area contributed by atoms with Gasteiger partial charge < -0.3 is 0 Å². The fraction of sp³-hybridized carbons (Fsp3) is 1.00. The van der Waals surface area contributed by atoms with Gasteiger partial charge in [-0.15, -0.1) is 0 Å². The van der Waals surface area contributed by atoms with Gasteiger partial charge in [0.25, 0.3) is 0 Å². The molecule has 0 radical (unpaired) electrons. The molecule has 0 saturated carbocycles. The third kappa shape index (κ3) is 5.01. The van der Waals surface area contributed by atoms with Gasteiger partial charge in [-0.2, -0.15) is 0 Å². The Morgan fingerprint density at radius 2 is 1.71 bits per heavy atom. The zero-order valence-corrected chi connectivity index (χ0v) is 14.2. The van der Waals surface area contributed by atoms with Crippen LogP contribution in [0.2, 0.25) is 0 Å². The molecule has 0 rings (SSSR count). The summed E-state index contributed by atoms with van der Waals surface area (Å²) in [5.41, 5.74) is 0. The quantitative estimate of drug-likeness (QED) is 0.697. The molecule has 88 valence electrons. The van der Waals surface area contributed by atoms with Crippen LogP contribution in [0.4, 0.5) is 0 Å². The van der Waals surface area contributed by atoms with Crippen LogP contribution < -0.4 is 3.72 Å². The minimum atomic E-state index is -4.53. The van der Waals surface area contributed by atoms with Crippen LogP contribution in [-0.2, 0) is 22.3 Å².